The van der Waals surface area contributed by atoms with Gasteiger partial charge in [-0.1, -0.05) is 11.6 Å². The highest BCUT2D eigenvalue weighted by molar-refractivity contribution is 7.84. The second kappa shape index (κ2) is 6.42. The zero-order valence-electron chi connectivity index (χ0n) is 9.57. The molecule has 0 aliphatic rings. The molecule has 6 heteroatoms. The van der Waals surface area contributed by atoms with Crippen LogP contribution in [-0.4, -0.2) is 28.2 Å². The van der Waals surface area contributed by atoms with E-state index in [1.54, 1.807) is 24.5 Å². The van der Waals surface area contributed by atoms with Gasteiger partial charge >= 0.3 is 0 Å². The van der Waals surface area contributed by atoms with E-state index in [-0.39, 0.29) is 11.2 Å². The van der Waals surface area contributed by atoms with Gasteiger partial charge in [0.1, 0.15) is 0 Å². The summed E-state index contributed by atoms with van der Waals surface area (Å²) in [5, 5.41) is 2.99. The first-order valence-corrected chi connectivity index (χ1v) is 7.45. The molecule has 3 nitrogen and oxygen atoms in total. The summed E-state index contributed by atoms with van der Waals surface area (Å²) in [6.07, 6.45) is 1.61. The minimum atomic E-state index is -0.956. The molecule has 1 aromatic rings. The minimum absolute atomic E-state index is 0.0862. The number of amides is 1. The summed E-state index contributed by atoms with van der Waals surface area (Å²) in [4.78, 5) is 12.5. The molecule has 0 aliphatic heterocycles. The number of benzene rings is 1. The largest absolute Gasteiger partial charge is 0.351 e. The molecule has 0 aromatic heterocycles. The molecule has 2 unspecified atom stereocenters. The first-order valence-electron chi connectivity index (χ1n) is 5.00. The second-order valence-corrected chi connectivity index (χ2v) is 6.41. The van der Waals surface area contributed by atoms with Crippen LogP contribution in [-0.2, 0) is 10.8 Å². The maximum atomic E-state index is 11.8. The van der Waals surface area contributed by atoms with E-state index in [1.807, 2.05) is 6.92 Å². The number of hydrogen-bond acceptors (Lipinski definition) is 3. The molecule has 1 rings (SSSR count). The summed E-state index contributed by atoms with van der Waals surface area (Å²) >= 11 is 10.1. The van der Waals surface area contributed by atoms with E-state index in [0.717, 1.165) is 0 Å². The highest BCUT2D eigenvalue weighted by atomic mass is 35.5. The van der Waals surface area contributed by atoms with Gasteiger partial charge in [-0.25, -0.2) is 0 Å². The zero-order valence-corrected chi connectivity index (χ0v) is 12.0. The van der Waals surface area contributed by atoms with Gasteiger partial charge in [-0.05, 0) is 25.1 Å². The maximum Gasteiger partial charge on any atom is 0.252 e. The lowest BCUT2D eigenvalue weighted by Gasteiger charge is -2.11. The summed E-state index contributed by atoms with van der Waals surface area (Å²) in [5.41, 5.74) is 0.383. The van der Waals surface area contributed by atoms with Crippen molar-refractivity contribution in [2.24, 2.45) is 0 Å². The van der Waals surface area contributed by atoms with Gasteiger partial charge in [-0.2, -0.15) is 0 Å². The van der Waals surface area contributed by atoms with E-state index in [9.17, 15) is 9.00 Å². The van der Waals surface area contributed by atoms with Crippen LogP contribution in [0.2, 0.25) is 5.02 Å². The summed E-state index contributed by atoms with van der Waals surface area (Å²) in [6.45, 7) is 2.17. The Morgan fingerprint density at radius 1 is 1.59 bits per heavy atom. The van der Waals surface area contributed by atoms with Gasteiger partial charge in [-0.3, -0.25) is 9.00 Å². The maximum absolute atomic E-state index is 11.8. The molecule has 0 bridgehead atoms. The molecule has 0 fully saturated rings. The lowest BCUT2D eigenvalue weighted by Crippen LogP contribution is -2.32. The Morgan fingerprint density at radius 3 is 2.82 bits per heavy atom. The van der Waals surface area contributed by atoms with Crippen molar-refractivity contribution in [2.75, 3.05) is 12.8 Å². The Kier molecular flexibility index (Phi) is 5.49. The van der Waals surface area contributed by atoms with E-state index in [1.165, 1.54) is 0 Å². The number of carbonyl (C=O) groups is 1. The molecular weight excluding hydrogens is 278 g/mol. The Morgan fingerprint density at radius 2 is 2.24 bits per heavy atom. The molecule has 0 heterocycles. The molecule has 1 aromatic carbocycles. The van der Waals surface area contributed by atoms with Gasteiger partial charge < -0.3 is 5.32 Å². The van der Waals surface area contributed by atoms with Gasteiger partial charge in [0.2, 0.25) is 0 Å². The van der Waals surface area contributed by atoms with Crippen LogP contribution in [0, 0.1) is 0 Å². The van der Waals surface area contributed by atoms with Gasteiger partial charge in [0.25, 0.3) is 5.91 Å². The van der Waals surface area contributed by atoms with Gasteiger partial charge in [-0.15, -0.1) is 12.6 Å². The predicted molar refractivity (Wildman–Crippen MR) is 74.6 cm³/mol. The van der Waals surface area contributed by atoms with Crippen molar-refractivity contribution in [1.82, 2.24) is 5.32 Å². The molecule has 1 N–H and O–H groups in total. The van der Waals surface area contributed by atoms with Crippen LogP contribution in [0.4, 0.5) is 0 Å². The monoisotopic (exact) mass is 291 g/mol. The Hall–Kier alpha value is -0.520. The number of hydrogen-bond donors (Lipinski definition) is 2. The van der Waals surface area contributed by atoms with Gasteiger partial charge in [0, 0.05) is 33.7 Å². The Bertz CT molecular complexity index is 451. The number of halogens is 1. The third-order valence-corrected chi connectivity index (χ3v) is 4.22. The molecule has 17 heavy (non-hydrogen) atoms. The van der Waals surface area contributed by atoms with Crippen molar-refractivity contribution in [3.63, 3.8) is 0 Å². The molecule has 0 saturated heterocycles. The third kappa shape index (κ3) is 4.33. The second-order valence-electron chi connectivity index (χ2n) is 3.68. The van der Waals surface area contributed by atoms with E-state index in [0.29, 0.717) is 22.0 Å². The van der Waals surface area contributed by atoms with Crippen LogP contribution in [0.25, 0.3) is 0 Å². The first kappa shape index (κ1) is 14.5. The molecule has 0 aliphatic carbocycles. The molecule has 0 radical (unpaired) electrons. The van der Waals surface area contributed by atoms with Crippen molar-refractivity contribution in [2.45, 2.75) is 17.1 Å². The average Bonchev–Trinajstić information content (AvgIpc) is 2.28. The zero-order chi connectivity index (χ0) is 13.0. The molecule has 0 saturated carbocycles. The summed E-state index contributed by atoms with van der Waals surface area (Å²) in [6, 6.07) is 4.94. The van der Waals surface area contributed by atoms with E-state index >= 15 is 0 Å². The van der Waals surface area contributed by atoms with E-state index in [2.05, 4.69) is 17.9 Å². The summed E-state index contributed by atoms with van der Waals surface area (Å²) < 4.78 is 11.1. The number of carbonyl (C=O) groups excluding carboxylic acids is 1. The topological polar surface area (TPSA) is 46.2 Å². The standard InChI is InChI=1S/C11H14ClNO2S2/c1-7(17(2)15)6-13-11(14)9-5-8(16)3-4-10(9)12/h3-5,7,16H,6H2,1-2H3,(H,13,14). The predicted octanol–water partition coefficient (Wildman–Crippen LogP) is 2.13. The Balaban J connectivity index is 2.70. The Labute approximate surface area is 114 Å². The first-order chi connectivity index (χ1) is 7.91. The molecule has 2 atom stereocenters. The van der Waals surface area contributed by atoms with Gasteiger partial charge in [0.15, 0.2) is 0 Å². The van der Waals surface area contributed by atoms with Crippen molar-refractivity contribution in [1.29, 1.82) is 0 Å². The van der Waals surface area contributed by atoms with Crippen molar-refractivity contribution < 1.29 is 9.00 Å². The average molecular weight is 292 g/mol. The van der Waals surface area contributed by atoms with Crippen LogP contribution in [0.5, 0.6) is 0 Å². The fourth-order valence-electron chi connectivity index (χ4n) is 1.14. The number of thiol groups is 1. The van der Waals surface area contributed by atoms with Crippen LogP contribution in [0.1, 0.15) is 17.3 Å². The summed E-state index contributed by atoms with van der Waals surface area (Å²) in [5.74, 6) is -0.275. The fourth-order valence-corrected chi connectivity index (χ4v) is 1.86. The quantitative estimate of drug-likeness (QED) is 0.835. The fraction of sp³-hybridized carbons (Fsp3) is 0.364. The van der Waals surface area contributed by atoms with Crippen LogP contribution >= 0.6 is 24.2 Å². The minimum Gasteiger partial charge on any atom is -0.351 e. The van der Waals surface area contributed by atoms with Crippen LogP contribution in [0.15, 0.2) is 23.1 Å². The van der Waals surface area contributed by atoms with Crippen molar-refractivity contribution >= 4 is 40.9 Å². The molecule has 1 amide bonds. The van der Waals surface area contributed by atoms with Crippen molar-refractivity contribution in [3.8, 4) is 0 Å². The van der Waals surface area contributed by atoms with E-state index < -0.39 is 10.8 Å². The number of rotatable bonds is 4. The molecule has 94 valence electrons. The SMILES string of the molecule is CC(CNC(=O)c1cc(S)ccc1Cl)S(C)=O. The van der Waals surface area contributed by atoms with E-state index in [4.69, 9.17) is 11.6 Å². The highest BCUT2D eigenvalue weighted by Gasteiger charge is 2.13. The number of nitrogens with one attached hydrogen (secondary N) is 1. The molecule has 0 spiro atoms. The van der Waals surface area contributed by atoms with Crippen molar-refractivity contribution in [3.05, 3.63) is 28.8 Å². The normalized spacial score (nSPS) is 14.1. The van der Waals surface area contributed by atoms with Crippen LogP contribution in [0.3, 0.4) is 0 Å². The third-order valence-electron chi connectivity index (χ3n) is 2.31. The smallest absolute Gasteiger partial charge is 0.252 e. The lowest BCUT2D eigenvalue weighted by molar-refractivity contribution is 0.0954. The van der Waals surface area contributed by atoms with Gasteiger partial charge in [0.05, 0.1) is 10.6 Å². The van der Waals surface area contributed by atoms with Crippen LogP contribution < -0.4 is 5.32 Å². The lowest BCUT2D eigenvalue weighted by atomic mass is 10.2. The molecular formula is C11H14ClNO2S2. The summed E-state index contributed by atoms with van der Waals surface area (Å²) in [7, 11) is -0.956. The highest BCUT2D eigenvalue weighted by Crippen LogP contribution is 2.19.